The lowest BCUT2D eigenvalue weighted by molar-refractivity contribution is -0.136. The minimum absolute atomic E-state index is 0.194. The molecule has 0 bridgehead atoms. The predicted molar refractivity (Wildman–Crippen MR) is 90.0 cm³/mol. The van der Waals surface area contributed by atoms with Crippen molar-refractivity contribution in [3.05, 3.63) is 23.4 Å². The largest absolute Gasteiger partial charge is 0.362 e. The highest BCUT2D eigenvalue weighted by molar-refractivity contribution is 5.80. The van der Waals surface area contributed by atoms with Crippen LogP contribution in [0.4, 0.5) is 5.82 Å². The number of nitrogens with zero attached hydrogens (tertiary/aromatic N) is 3. The van der Waals surface area contributed by atoms with Crippen LogP contribution in [0.15, 0.2) is 12.3 Å². The van der Waals surface area contributed by atoms with Gasteiger partial charge in [0.25, 0.3) is 0 Å². The van der Waals surface area contributed by atoms with Gasteiger partial charge in [-0.25, -0.2) is 4.98 Å². The molecule has 0 radical (unpaired) electrons. The second-order valence-electron chi connectivity index (χ2n) is 7.67. The van der Waals surface area contributed by atoms with E-state index < -0.39 is 0 Å². The SMILES string of the molecule is CN(C)c1nccc2c1CN(C(=O)C1C[C@@H]3C[C@H](N)[C@@H]3C1)CC2. The van der Waals surface area contributed by atoms with Gasteiger partial charge in [0, 0.05) is 50.9 Å². The Morgan fingerprint density at radius 2 is 2.17 bits per heavy atom. The number of amides is 1. The van der Waals surface area contributed by atoms with Gasteiger partial charge in [0.05, 0.1) is 0 Å². The molecule has 1 amide bonds. The lowest BCUT2D eigenvalue weighted by Crippen LogP contribution is -2.44. The monoisotopic (exact) mass is 314 g/mol. The second-order valence-corrected chi connectivity index (χ2v) is 7.67. The van der Waals surface area contributed by atoms with Crippen molar-refractivity contribution < 1.29 is 4.79 Å². The molecule has 2 fully saturated rings. The van der Waals surface area contributed by atoms with Crippen molar-refractivity contribution in [2.24, 2.45) is 23.5 Å². The van der Waals surface area contributed by atoms with E-state index in [-0.39, 0.29) is 5.92 Å². The molecule has 2 aliphatic carbocycles. The van der Waals surface area contributed by atoms with Crippen LogP contribution in [0.3, 0.4) is 0 Å². The molecule has 2 N–H and O–H groups in total. The van der Waals surface area contributed by atoms with Gasteiger partial charge in [-0.1, -0.05) is 0 Å². The third-order valence-corrected chi connectivity index (χ3v) is 6.09. The van der Waals surface area contributed by atoms with Crippen molar-refractivity contribution in [1.82, 2.24) is 9.88 Å². The summed E-state index contributed by atoms with van der Waals surface area (Å²) in [6.45, 7) is 1.54. The van der Waals surface area contributed by atoms with Gasteiger partial charge < -0.3 is 15.5 Å². The highest BCUT2D eigenvalue weighted by Gasteiger charge is 2.48. The first-order valence-electron chi connectivity index (χ1n) is 8.73. The Kier molecular flexibility index (Phi) is 3.56. The quantitative estimate of drug-likeness (QED) is 0.896. The molecule has 1 aromatic heterocycles. The summed E-state index contributed by atoms with van der Waals surface area (Å²) in [5.74, 6) is 2.83. The first kappa shape index (κ1) is 14.9. The number of nitrogens with two attached hydrogens (primary N) is 1. The van der Waals surface area contributed by atoms with E-state index in [1.807, 2.05) is 25.2 Å². The molecule has 1 aliphatic heterocycles. The fourth-order valence-corrected chi connectivity index (χ4v) is 4.77. The highest BCUT2D eigenvalue weighted by atomic mass is 16.2. The van der Waals surface area contributed by atoms with Crippen LogP contribution in [0, 0.1) is 17.8 Å². The Bertz CT molecular complexity index is 629. The molecule has 4 rings (SSSR count). The number of carbonyl (C=O) groups excluding carboxylic acids is 1. The van der Waals surface area contributed by atoms with E-state index in [4.69, 9.17) is 5.73 Å². The molecule has 4 atom stereocenters. The molecule has 5 nitrogen and oxygen atoms in total. The average molecular weight is 314 g/mol. The summed E-state index contributed by atoms with van der Waals surface area (Å²) in [6.07, 6.45) is 5.98. The first-order valence-corrected chi connectivity index (χ1v) is 8.73. The van der Waals surface area contributed by atoms with Gasteiger partial charge in [-0.15, -0.1) is 0 Å². The third kappa shape index (κ3) is 2.42. The molecule has 0 saturated heterocycles. The fraction of sp³-hybridized carbons (Fsp3) is 0.667. The van der Waals surface area contributed by atoms with Gasteiger partial charge in [-0.3, -0.25) is 4.79 Å². The number of pyridine rings is 1. The van der Waals surface area contributed by atoms with Crippen LogP contribution in [-0.2, 0) is 17.8 Å². The number of fused-ring (bicyclic) bond motifs is 2. The van der Waals surface area contributed by atoms with E-state index in [9.17, 15) is 4.79 Å². The summed E-state index contributed by atoms with van der Waals surface area (Å²) in [4.78, 5) is 21.6. The van der Waals surface area contributed by atoms with Crippen LogP contribution in [0.25, 0.3) is 0 Å². The van der Waals surface area contributed by atoms with Crippen molar-refractivity contribution >= 4 is 11.7 Å². The fourth-order valence-electron chi connectivity index (χ4n) is 4.77. The van der Waals surface area contributed by atoms with E-state index in [2.05, 4.69) is 16.0 Å². The first-order chi connectivity index (χ1) is 11.0. The van der Waals surface area contributed by atoms with Crippen LogP contribution >= 0.6 is 0 Å². The molecule has 23 heavy (non-hydrogen) atoms. The highest BCUT2D eigenvalue weighted by Crippen LogP contribution is 2.49. The van der Waals surface area contributed by atoms with E-state index in [1.54, 1.807) is 0 Å². The van der Waals surface area contributed by atoms with Crippen molar-refractivity contribution in [2.45, 2.75) is 38.3 Å². The van der Waals surface area contributed by atoms with Crippen LogP contribution in [0.2, 0.25) is 0 Å². The number of hydrogen-bond donors (Lipinski definition) is 1. The van der Waals surface area contributed by atoms with Gasteiger partial charge in [-0.2, -0.15) is 0 Å². The molecule has 1 aromatic rings. The van der Waals surface area contributed by atoms with Crippen molar-refractivity contribution in [3.63, 3.8) is 0 Å². The number of rotatable bonds is 2. The minimum Gasteiger partial charge on any atom is -0.362 e. The molecule has 1 unspecified atom stereocenters. The zero-order chi connectivity index (χ0) is 16.1. The van der Waals surface area contributed by atoms with E-state index in [1.165, 1.54) is 11.1 Å². The van der Waals surface area contributed by atoms with Gasteiger partial charge >= 0.3 is 0 Å². The van der Waals surface area contributed by atoms with Crippen LogP contribution in [0.5, 0.6) is 0 Å². The average Bonchev–Trinajstić information content (AvgIpc) is 2.90. The van der Waals surface area contributed by atoms with Crippen molar-refractivity contribution in [3.8, 4) is 0 Å². The maximum Gasteiger partial charge on any atom is 0.226 e. The summed E-state index contributed by atoms with van der Waals surface area (Å²) in [5.41, 5.74) is 8.63. The molecule has 0 spiro atoms. The summed E-state index contributed by atoms with van der Waals surface area (Å²) in [7, 11) is 4.03. The van der Waals surface area contributed by atoms with Crippen LogP contribution < -0.4 is 10.6 Å². The van der Waals surface area contributed by atoms with Crippen LogP contribution in [0.1, 0.15) is 30.4 Å². The van der Waals surface area contributed by atoms with E-state index in [0.29, 0.717) is 30.3 Å². The second kappa shape index (κ2) is 5.48. The summed E-state index contributed by atoms with van der Waals surface area (Å²) < 4.78 is 0. The van der Waals surface area contributed by atoms with Gasteiger partial charge in [-0.05, 0) is 49.1 Å². The summed E-state index contributed by atoms with van der Waals surface area (Å²) >= 11 is 0. The van der Waals surface area contributed by atoms with Crippen molar-refractivity contribution in [2.75, 3.05) is 25.5 Å². The zero-order valence-electron chi connectivity index (χ0n) is 14.0. The van der Waals surface area contributed by atoms with Crippen molar-refractivity contribution in [1.29, 1.82) is 0 Å². The molecule has 0 aromatic carbocycles. The normalized spacial score (nSPS) is 32.0. The summed E-state index contributed by atoms with van der Waals surface area (Å²) in [5, 5.41) is 0. The smallest absolute Gasteiger partial charge is 0.226 e. The molecular weight excluding hydrogens is 288 g/mol. The maximum absolute atomic E-state index is 13.0. The van der Waals surface area contributed by atoms with E-state index in [0.717, 1.165) is 38.0 Å². The molecule has 3 aliphatic rings. The molecule has 124 valence electrons. The van der Waals surface area contributed by atoms with Gasteiger partial charge in [0.1, 0.15) is 5.82 Å². The van der Waals surface area contributed by atoms with Gasteiger partial charge in [0.2, 0.25) is 5.91 Å². The molecule has 2 heterocycles. The van der Waals surface area contributed by atoms with Gasteiger partial charge in [0.15, 0.2) is 0 Å². The lowest BCUT2D eigenvalue weighted by atomic mass is 9.72. The minimum atomic E-state index is 0.194. The number of anilines is 1. The maximum atomic E-state index is 13.0. The molecule has 2 saturated carbocycles. The topological polar surface area (TPSA) is 62.5 Å². The zero-order valence-corrected chi connectivity index (χ0v) is 14.0. The lowest BCUT2D eigenvalue weighted by Gasteiger charge is -2.37. The molecular formula is C18H26N4O. The Morgan fingerprint density at radius 3 is 2.87 bits per heavy atom. The Morgan fingerprint density at radius 1 is 1.35 bits per heavy atom. The number of hydrogen-bond acceptors (Lipinski definition) is 4. The Hall–Kier alpha value is -1.62. The van der Waals surface area contributed by atoms with Crippen LogP contribution in [-0.4, -0.2) is 42.5 Å². The third-order valence-electron chi connectivity index (χ3n) is 6.09. The Balaban J connectivity index is 1.51. The standard InChI is InChI=1S/C18H26N4O/c1-21(2)17-15-10-22(6-4-11(15)3-5-20-17)18(23)13-7-12-9-16(19)14(12)8-13/h3,5,12-14,16H,4,6-10,19H2,1-2H3/t12-,13?,14-,16+/m1/s1. The molecule has 5 heteroatoms. The summed E-state index contributed by atoms with van der Waals surface area (Å²) in [6, 6.07) is 2.43. The predicted octanol–water partition coefficient (Wildman–Crippen LogP) is 1.41. The van der Waals surface area contributed by atoms with E-state index >= 15 is 0 Å². The number of carbonyl (C=O) groups is 1. The number of aromatic nitrogens is 1. The Labute approximate surface area is 137 Å².